The second-order valence-electron chi connectivity index (χ2n) is 5.82. The number of hydrogen-bond donors (Lipinski definition) is 1. The molecule has 1 aromatic carbocycles. The van der Waals surface area contributed by atoms with Gasteiger partial charge >= 0.3 is 5.97 Å². The van der Waals surface area contributed by atoms with E-state index in [1.54, 1.807) is 12.1 Å². The third kappa shape index (κ3) is 6.19. The molecule has 0 aliphatic carbocycles. The molecule has 8 heteroatoms. The molecule has 134 valence electrons. The first-order valence-electron chi connectivity index (χ1n) is 7.58. The number of ether oxygens (including phenoxy) is 1. The predicted molar refractivity (Wildman–Crippen MR) is 92.4 cm³/mol. The van der Waals surface area contributed by atoms with Crippen LogP contribution in [0.1, 0.15) is 30.6 Å². The molecule has 0 aliphatic rings. The standard InChI is InChI=1S/C16H24N2O5S/c1-12(2)11-17-15(19)8-9-18(24(4,21)22)14-7-5-6-13(10-14)16(20)23-3/h5-7,10,12H,8-9,11H2,1-4H3,(H,17,19). The molecule has 1 amide bonds. The van der Waals surface area contributed by atoms with Crippen LogP contribution in [0.25, 0.3) is 0 Å². The minimum absolute atomic E-state index is 0.00656. The molecule has 1 rings (SSSR count). The van der Waals surface area contributed by atoms with Crippen LogP contribution in [0.3, 0.4) is 0 Å². The van der Waals surface area contributed by atoms with Crippen LogP contribution in [-0.2, 0) is 19.6 Å². The highest BCUT2D eigenvalue weighted by Gasteiger charge is 2.20. The summed E-state index contributed by atoms with van der Waals surface area (Å²) in [7, 11) is -2.34. The Balaban J connectivity index is 2.91. The van der Waals surface area contributed by atoms with E-state index in [9.17, 15) is 18.0 Å². The van der Waals surface area contributed by atoms with Gasteiger partial charge in [0, 0.05) is 19.5 Å². The summed E-state index contributed by atoms with van der Waals surface area (Å²) in [6.07, 6.45) is 1.09. The average Bonchev–Trinajstić information content (AvgIpc) is 2.51. The van der Waals surface area contributed by atoms with E-state index in [4.69, 9.17) is 0 Å². The van der Waals surface area contributed by atoms with Gasteiger partial charge in [0.15, 0.2) is 0 Å². The Labute approximate surface area is 143 Å². The van der Waals surface area contributed by atoms with Crippen molar-refractivity contribution in [2.24, 2.45) is 5.92 Å². The molecule has 0 radical (unpaired) electrons. The lowest BCUT2D eigenvalue weighted by atomic mass is 10.2. The summed E-state index contributed by atoms with van der Waals surface area (Å²) in [4.78, 5) is 23.4. The zero-order chi connectivity index (χ0) is 18.3. The molecule has 24 heavy (non-hydrogen) atoms. The summed E-state index contributed by atoms with van der Waals surface area (Å²) in [5.74, 6) is -0.460. The Morgan fingerprint density at radius 1 is 1.29 bits per heavy atom. The van der Waals surface area contributed by atoms with E-state index in [2.05, 4.69) is 10.1 Å². The first kappa shape index (κ1) is 20.0. The molecule has 0 saturated carbocycles. The molecule has 0 saturated heterocycles. The maximum absolute atomic E-state index is 12.0. The summed E-state index contributed by atoms with van der Waals surface area (Å²) in [6.45, 7) is 4.48. The number of hydrogen-bond acceptors (Lipinski definition) is 5. The average molecular weight is 356 g/mol. The number of carbonyl (C=O) groups excluding carboxylic acids is 2. The lowest BCUT2D eigenvalue weighted by Crippen LogP contribution is -2.35. The minimum Gasteiger partial charge on any atom is -0.465 e. The number of methoxy groups -OCH3 is 1. The van der Waals surface area contributed by atoms with Gasteiger partial charge in [-0.1, -0.05) is 19.9 Å². The van der Waals surface area contributed by atoms with E-state index in [0.717, 1.165) is 10.6 Å². The number of esters is 1. The maximum atomic E-state index is 12.0. The fraction of sp³-hybridized carbons (Fsp3) is 0.500. The summed E-state index contributed by atoms with van der Waals surface area (Å²) in [5, 5.41) is 2.74. The third-order valence-corrected chi connectivity index (χ3v) is 4.40. The molecule has 0 spiro atoms. The lowest BCUT2D eigenvalue weighted by molar-refractivity contribution is -0.121. The van der Waals surface area contributed by atoms with Crippen LogP contribution < -0.4 is 9.62 Å². The Morgan fingerprint density at radius 2 is 1.96 bits per heavy atom. The fourth-order valence-corrected chi connectivity index (χ4v) is 2.92. The van der Waals surface area contributed by atoms with Crippen LogP contribution in [0.4, 0.5) is 5.69 Å². The van der Waals surface area contributed by atoms with Gasteiger partial charge in [0.2, 0.25) is 15.9 Å². The molecule has 1 aromatic rings. The zero-order valence-corrected chi connectivity index (χ0v) is 15.2. The van der Waals surface area contributed by atoms with Crippen LogP contribution in [0.5, 0.6) is 0 Å². The molecule has 0 aliphatic heterocycles. The van der Waals surface area contributed by atoms with Crippen molar-refractivity contribution in [3.8, 4) is 0 Å². The number of rotatable bonds is 8. The summed E-state index contributed by atoms with van der Waals surface area (Å²) in [5.41, 5.74) is 0.560. The highest BCUT2D eigenvalue weighted by atomic mass is 32.2. The molecule has 0 atom stereocenters. The van der Waals surface area contributed by atoms with Gasteiger partial charge in [0.1, 0.15) is 0 Å². The molecule has 0 fully saturated rings. The summed E-state index contributed by atoms with van der Waals surface area (Å²) in [6, 6.07) is 6.10. The normalized spacial score (nSPS) is 11.2. The van der Waals surface area contributed by atoms with Gasteiger partial charge in [0.05, 0.1) is 24.6 Å². The molecule has 0 bridgehead atoms. The Kier molecular flexibility index (Phi) is 7.21. The number of nitrogens with zero attached hydrogens (tertiary/aromatic N) is 1. The van der Waals surface area contributed by atoms with Gasteiger partial charge in [-0.15, -0.1) is 0 Å². The van der Waals surface area contributed by atoms with Crippen molar-refractivity contribution in [3.05, 3.63) is 29.8 Å². The highest BCUT2D eigenvalue weighted by Crippen LogP contribution is 2.20. The van der Waals surface area contributed by atoms with Gasteiger partial charge in [-0.2, -0.15) is 0 Å². The van der Waals surface area contributed by atoms with Gasteiger partial charge < -0.3 is 10.1 Å². The second kappa shape index (κ2) is 8.68. The number of amides is 1. The smallest absolute Gasteiger partial charge is 0.337 e. The van der Waals surface area contributed by atoms with E-state index >= 15 is 0 Å². The number of anilines is 1. The van der Waals surface area contributed by atoms with Crippen LogP contribution in [0.15, 0.2) is 24.3 Å². The van der Waals surface area contributed by atoms with Crippen molar-refractivity contribution in [3.63, 3.8) is 0 Å². The van der Waals surface area contributed by atoms with Crippen LogP contribution in [0, 0.1) is 5.92 Å². The van der Waals surface area contributed by atoms with Crippen LogP contribution >= 0.6 is 0 Å². The summed E-state index contributed by atoms with van der Waals surface area (Å²) >= 11 is 0. The Bertz CT molecular complexity index is 685. The zero-order valence-electron chi connectivity index (χ0n) is 14.4. The largest absolute Gasteiger partial charge is 0.465 e. The van der Waals surface area contributed by atoms with Crippen molar-refractivity contribution >= 4 is 27.6 Å². The molecular formula is C16H24N2O5S. The molecule has 0 heterocycles. The SMILES string of the molecule is COC(=O)c1cccc(N(CCC(=O)NCC(C)C)S(C)(=O)=O)c1. The molecule has 0 aromatic heterocycles. The number of sulfonamides is 1. The van der Waals surface area contributed by atoms with Gasteiger partial charge in [-0.05, 0) is 24.1 Å². The van der Waals surface area contributed by atoms with Gasteiger partial charge in [-0.25, -0.2) is 13.2 Å². The van der Waals surface area contributed by atoms with E-state index in [1.807, 2.05) is 13.8 Å². The molecule has 0 unspecified atom stereocenters. The van der Waals surface area contributed by atoms with Crippen LogP contribution in [0.2, 0.25) is 0 Å². The molecule has 1 N–H and O–H groups in total. The Morgan fingerprint density at radius 3 is 2.50 bits per heavy atom. The lowest BCUT2D eigenvalue weighted by Gasteiger charge is -2.22. The number of nitrogens with one attached hydrogen (secondary N) is 1. The van der Waals surface area contributed by atoms with Crippen molar-refractivity contribution in [2.75, 3.05) is 30.8 Å². The first-order chi connectivity index (χ1) is 11.1. The molecule has 7 nitrogen and oxygen atoms in total. The van der Waals surface area contributed by atoms with E-state index in [-0.39, 0.29) is 24.4 Å². The maximum Gasteiger partial charge on any atom is 0.337 e. The first-order valence-corrected chi connectivity index (χ1v) is 9.42. The Hall–Kier alpha value is -2.09. The van der Waals surface area contributed by atoms with Crippen molar-refractivity contribution in [1.82, 2.24) is 5.32 Å². The monoisotopic (exact) mass is 356 g/mol. The summed E-state index contributed by atoms with van der Waals surface area (Å²) < 4.78 is 29.8. The number of carbonyl (C=O) groups is 2. The third-order valence-electron chi connectivity index (χ3n) is 3.21. The number of benzene rings is 1. The molecular weight excluding hydrogens is 332 g/mol. The van der Waals surface area contributed by atoms with E-state index in [0.29, 0.717) is 18.2 Å². The van der Waals surface area contributed by atoms with Gasteiger partial charge in [0.25, 0.3) is 0 Å². The van der Waals surface area contributed by atoms with Crippen LogP contribution in [-0.4, -0.2) is 46.7 Å². The minimum atomic E-state index is -3.59. The topological polar surface area (TPSA) is 92.8 Å². The van der Waals surface area contributed by atoms with E-state index in [1.165, 1.54) is 19.2 Å². The van der Waals surface area contributed by atoms with Gasteiger partial charge in [-0.3, -0.25) is 9.10 Å². The second-order valence-corrected chi connectivity index (χ2v) is 7.73. The van der Waals surface area contributed by atoms with Crippen molar-refractivity contribution < 1.29 is 22.7 Å². The predicted octanol–water partition coefficient (Wildman–Crippen LogP) is 1.40. The van der Waals surface area contributed by atoms with Crippen molar-refractivity contribution in [2.45, 2.75) is 20.3 Å². The van der Waals surface area contributed by atoms with Crippen molar-refractivity contribution in [1.29, 1.82) is 0 Å². The van der Waals surface area contributed by atoms with E-state index < -0.39 is 16.0 Å². The highest BCUT2D eigenvalue weighted by molar-refractivity contribution is 7.92. The quantitative estimate of drug-likeness (QED) is 0.711. The fourth-order valence-electron chi connectivity index (χ4n) is 2.00.